The number of hydrogen-bond donors (Lipinski definition) is 5. The molecule has 0 saturated heterocycles. The molecule has 0 aliphatic carbocycles. The Kier molecular flexibility index (Phi) is 3.77. The summed E-state index contributed by atoms with van der Waals surface area (Å²) in [5.74, 6) is -0.0432. The van der Waals surface area contributed by atoms with Crippen molar-refractivity contribution in [1.29, 1.82) is 0 Å². The van der Waals surface area contributed by atoms with Crippen LogP contribution in [0.1, 0.15) is 0 Å². The Labute approximate surface area is 111 Å². The van der Waals surface area contributed by atoms with Gasteiger partial charge in [0.15, 0.2) is 11.5 Å². The summed E-state index contributed by atoms with van der Waals surface area (Å²) < 4.78 is 16.6. The average molecular weight is 304 g/mol. The van der Waals surface area contributed by atoms with E-state index in [4.69, 9.17) is 26.0 Å². The maximum Gasteiger partial charge on any atom is 0.350 e. The van der Waals surface area contributed by atoms with Gasteiger partial charge in [0.25, 0.3) is 0 Å². The summed E-state index contributed by atoms with van der Waals surface area (Å²) in [5.41, 5.74) is 11.0. The molecule has 11 nitrogen and oxygen atoms in total. The van der Waals surface area contributed by atoms with E-state index in [-0.39, 0.29) is 36.1 Å². The van der Waals surface area contributed by atoms with E-state index in [0.717, 1.165) is 0 Å². The number of aromatic amines is 1. The predicted octanol–water partition coefficient (Wildman–Crippen LogP) is -1.56. The van der Waals surface area contributed by atoms with Crippen LogP contribution in [0.25, 0.3) is 11.2 Å². The number of nitrogens with one attached hydrogen (secondary N) is 1. The SMILES string of the molecule is Nc1nc(N)c2[nH]c(=O)n(CCOCP(=O)(O)O)c2n1. The fraction of sp³-hybridized carbons (Fsp3) is 0.375. The highest BCUT2D eigenvalue weighted by atomic mass is 31.2. The van der Waals surface area contributed by atoms with Crippen molar-refractivity contribution >= 4 is 30.5 Å². The normalized spacial score (nSPS) is 12.1. The molecular formula is C8H13N6O5P. The quantitative estimate of drug-likeness (QED) is 0.322. The van der Waals surface area contributed by atoms with E-state index in [1.807, 2.05) is 0 Å². The maximum absolute atomic E-state index is 11.7. The molecule has 20 heavy (non-hydrogen) atoms. The molecule has 0 bridgehead atoms. The summed E-state index contributed by atoms with van der Waals surface area (Å²) in [5, 5.41) is 0. The third-order valence-corrected chi connectivity index (χ3v) is 2.91. The summed E-state index contributed by atoms with van der Waals surface area (Å²) in [6, 6.07) is 0. The van der Waals surface area contributed by atoms with Crippen molar-refractivity contribution in [3.05, 3.63) is 10.5 Å². The van der Waals surface area contributed by atoms with E-state index in [0.29, 0.717) is 0 Å². The summed E-state index contributed by atoms with van der Waals surface area (Å²) in [4.78, 5) is 39.1. The summed E-state index contributed by atoms with van der Waals surface area (Å²) in [6.07, 6.45) is -0.719. The van der Waals surface area contributed by atoms with E-state index < -0.39 is 19.6 Å². The number of nitrogen functional groups attached to an aromatic ring is 2. The molecule has 0 atom stereocenters. The first kappa shape index (κ1) is 14.5. The Morgan fingerprint density at radius 3 is 2.70 bits per heavy atom. The molecule has 0 fully saturated rings. The van der Waals surface area contributed by atoms with Gasteiger partial charge in [0.1, 0.15) is 11.9 Å². The topological polar surface area (TPSA) is 182 Å². The number of anilines is 2. The highest BCUT2D eigenvalue weighted by Crippen LogP contribution is 2.33. The van der Waals surface area contributed by atoms with E-state index >= 15 is 0 Å². The van der Waals surface area contributed by atoms with Gasteiger partial charge >= 0.3 is 13.3 Å². The molecule has 2 heterocycles. The molecule has 0 amide bonds. The Morgan fingerprint density at radius 2 is 2.05 bits per heavy atom. The monoisotopic (exact) mass is 304 g/mol. The highest BCUT2D eigenvalue weighted by molar-refractivity contribution is 7.51. The van der Waals surface area contributed by atoms with Crippen molar-refractivity contribution in [1.82, 2.24) is 19.5 Å². The van der Waals surface area contributed by atoms with Crippen molar-refractivity contribution in [2.24, 2.45) is 0 Å². The zero-order valence-corrected chi connectivity index (χ0v) is 11.1. The standard InChI is InChI=1S/C8H13N6O5P/c9-5-4-6(13-7(10)12-5)14(8(15)11-4)1-2-19-3-20(16,17)18/h1-3H2,(H,11,15)(H2,16,17,18)(H4,9,10,12,13). The Balaban J connectivity index is 2.20. The fourth-order valence-electron chi connectivity index (χ4n) is 1.62. The number of ether oxygens (including phenoxy) is 1. The van der Waals surface area contributed by atoms with Crippen molar-refractivity contribution in [3.8, 4) is 0 Å². The maximum atomic E-state index is 11.7. The van der Waals surface area contributed by atoms with Crippen molar-refractivity contribution < 1.29 is 19.1 Å². The van der Waals surface area contributed by atoms with E-state index in [9.17, 15) is 9.36 Å². The zero-order chi connectivity index (χ0) is 14.9. The lowest BCUT2D eigenvalue weighted by atomic mass is 10.5. The van der Waals surface area contributed by atoms with Crippen LogP contribution in [0.5, 0.6) is 0 Å². The van der Waals surface area contributed by atoms with Crippen LogP contribution in [0.3, 0.4) is 0 Å². The molecule has 0 unspecified atom stereocenters. The predicted molar refractivity (Wildman–Crippen MR) is 69.8 cm³/mol. The third-order valence-electron chi connectivity index (χ3n) is 2.39. The van der Waals surface area contributed by atoms with E-state index in [1.165, 1.54) is 4.57 Å². The number of fused-ring (bicyclic) bond motifs is 1. The van der Waals surface area contributed by atoms with E-state index in [2.05, 4.69) is 15.0 Å². The molecule has 0 spiro atoms. The molecule has 12 heteroatoms. The van der Waals surface area contributed by atoms with E-state index in [1.54, 1.807) is 0 Å². The van der Waals surface area contributed by atoms with Gasteiger partial charge in [0.05, 0.1) is 13.2 Å². The van der Waals surface area contributed by atoms with Crippen LogP contribution in [-0.4, -0.2) is 42.3 Å². The van der Waals surface area contributed by atoms with Gasteiger partial charge in [-0.25, -0.2) is 4.79 Å². The van der Waals surface area contributed by atoms with Gasteiger partial charge in [0, 0.05) is 0 Å². The van der Waals surface area contributed by atoms with Crippen LogP contribution in [0, 0.1) is 0 Å². The van der Waals surface area contributed by atoms with Crippen molar-refractivity contribution in [2.75, 3.05) is 24.4 Å². The van der Waals surface area contributed by atoms with Crippen LogP contribution in [-0.2, 0) is 15.8 Å². The van der Waals surface area contributed by atoms with Crippen LogP contribution in [0.2, 0.25) is 0 Å². The lowest BCUT2D eigenvalue weighted by Gasteiger charge is -2.06. The lowest BCUT2D eigenvalue weighted by molar-refractivity contribution is 0.149. The molecule has 0 aliphatic rings. The van der Waals surface area contributed by atoms with Gasteiger partial charge in [-0.1, -0.05) is 0 Å². The lowest BCUT2D eigenvalue weighted by Crippen LogP contribution is -2.20. The molecule has 0 aliphatic heterocycles. The zero-order valence-electron chi connectivity index (χ0n) is 10.2. The second-order valence-electron chi connectivity index (χ2n) is 3.95. The average Bonchev–Trinajstić information content (AvgIpc) is 2.61. The van der Waals surface area contributed by atoms with Crippen LogP contribution in [0.15, 0.2) is 4.79 Å². The molecular weight excluding hydrogens is 291 g/mol. The van der Waals surface area contributed by atoms with Gasteiger partial charge in [-0.15, -0.1) is 0 Å². The number of nitrogens with zero attached hydrogens (tertiary/aromatic N) is 3. The van der Waals surface area contributed by atoms with Gasteiger partial charge < -0.3 is 31.0 Å². The number of H-pyrrole nitrogens is 1. The number of imidazole rings is 1. The first-order valence-corrected chi connectivity index (χ1v) is 7.21. The van der Waals surface area contributed by atoms with Gasteiger partial charge in [-0.05, 0) is 0 Å². The smallest absolute Gasteiger partial charge is 0.350 e. The summed E-state index contributed by atoms with van der Waals surface area (Å²) in [6.45, 7) is -0.0451. The van der Waals surface area contributed by atoms with Crippen molar-refractivity contribution in [2.45, 2.75) is 6.54 Å². The Hall–Kier alpha value is -1.94. The Bertz CT molecular complexity index is 733. The number of nitrogens with two attached hydrogens (primary N) is 2. The largest absolute Gasteiger partial charge is 0.382 e. The van der Waals surface area contributed by atoms with Crippen molar-refractivity contribution in [3.63, 3.8) is 0 Å². The number of rotatable bonds is 5. The molecule has 2 rings (SSSR count). The number of aromatic nitrogens is 4. The second-order valence-corrected chi connectivity index (χ2v) is 5.54. The highest BCUT2D eigenvalue weighted by Gasteiger charge is 2.15. The molecule has 0 saturated carbocycles. The third kappa shape index (κ3) is 3.14. The van der Waals surface area contributed by atoms with Gasteiger partial charge in [-0.2, -0.15) is 9.97 Å². The molecule has 0 aromatic carbocycles. The summed E-state index contributed by atoms with van der Waals surface area (Å²) >= 11 is 0. The Morgan fingerprint density at radius 1 is 1.35 bits per heavy atom. The minimum Gasteiger partial charge on any atom is -0.382 e. The second kappa shape index (κ2) is 5.21. The van der Waals surface area contributed by atoms with Crippen LogP contribution >= 0.6 is 7.60 Å². The molecule has 0 radical (unpaired) electrons. The molecule has 7 N–H and O–H groups in total. The van der Waals surface area contributed by atoms with Gasteiger partial charge in [0.2, 0.25) is 5.95 Å². The first-order chi connectivity index (χ1) is 9.28. The van der Waals surface area contributed by atoms with Gasteiger partial charge in [-0.3, -0.25) is 9.13 Å². The van der Waals surface area contributed by atoms with Crippen LogP contribution < -0.4 is 17.2 Å². The summed E-state index contributed by atoms with van der Waals surface area (Å²) in [7, 11) is -4.23. The number of hydrogen-bond acceptors (Lipinski definition) is 7. The molecule has 110 valence electrons. The minimum absolute atomic E-state index is 0.0364. The minimum atomic E-state index is -4.23. The molecule has 2 aromatic heterocycles. The molecule has 2 aromatic rings. The first-order valence-electron chi connectivity index (χ1n) is 5.42. The fourth-order valence-corrected chi connectivity index (χ4v) is 1.98. The van der Waals surface area contributed by atoms with Crippen LogP contribution in [0.4, 0.5) is 11.8 Å².